The molecule has 3 aromatic rings. The Bertz CT molecular complexity index is 1160. The molecular weight excluding hydrogens is 444 g/mol. The number of sulfonamides is 1. The van der Waals surface area contributed by atoms with E-state index in [4.69, 9.17) is 9.26 Å². The van der Waals surface area contributed by atoms with Crippen molar-refractivity contribution in [1.29, 1.82) is 0 Å². The highest BCUT2D eigenvalue weighted by Gasteiger charge is 2.25. The van der Waals surface area contributed by atoms with Crippen molar-refractivity contribution in [3.63, 3.8) is 0 Å². The highest BCUT2D eigenvalue weighted by Crippen LogP contribution is 2.21. The predicted octanol–water partition coefficient (Wildman–Crippen LogP) is 3.49. The van der Waals surface area contributed by atoms with E-state index in [1.807, 2.05) is 6.07 Å². The van der Waals surface area contributed by atoms with Crippen LogP contribution in [0.3, 0.4) is 0 Å². The van der Waals surface area contributed by atoms with Crippen LogP contribution in [0.4, 0.5) is 0 Å². The fraction of sp³-hybridized carbons (Fsp3) is 0.391. The molecule has 0 N–H and O–H groups in total. The third-order valence-electron chi connectivity index (χ3n) is 5.45. The molecule has 0 aliphatic carbocycles. The quantitative estimate of drug-likeness (QED) is 0.363. The molecule has 10 heteroatoms. The van der Waals surface area contributed by atoms with Crippen LogP contribution < -0.4 is 0 Å². The Balaban J connectivity index is 1.26. The van der Waals surface area contributed by atoms with Crippen molar-refractivity contribution in [2.24, 2.45) is 0 Å². The molecule has 0 spiro atoms. The fourth-order valence-corrected chi connectivity index (χ4v) is 5.15. The average Bonchev–Trinajstić information content (AvgIpc) is 3.14. The van der Waals surface area contributed by atoms with Crippen LogP contribution in [0.1, 0.15) is 48.4 Å². The highest BCUT2D eigenvalue weighted by molar-refractivity contribution is 7.89. The van der Waals surface area contributed by atoms with E-state index < -0.39 is 16.0 Å². The van der Waals surface area contributed by atoms with Crippen LogP contribution in [-0.4, -0.2) is 53.5 Å². The summed E-state index contributed by atoms with van der Waals surface area (Å²) in [5, 5.41) is 3.93. The van der Waals surface area contributed by atoms with Gasteiger partial charge in [-0.15, -0.1) is 0 Å². The molecule has 4 rings (SSSR count). The zero-order valence-electron chi connectivity index (χ0n) is 18.2. The lowest BCUT2D eigenvalue weighted by molar-refractivity contribution is 0.0498. The minimum atomic E-state index is -3.54. The first-order chi connectivity index (χ1) is 16.0. The highest BCUT2D eigenvalue weighted by atomic mass is 32.2. The second-order valence-corrected chi connectivity index (χ2v) is 9.77. The molecule has 1 saturated heterocycles. The summed E-state index contributed by atoms with van der Waals surface area (Å²) in [7, 11) is -3.54. The number of pyridine rings is 1. The van der Waals surface area contributed by atoms with E-state index in [1.165, 1.54) is 28.6 Å². The maximum absolute atomic E-state index is 12.8. The van der Waals surface area contributed by atoms with E-state index in [1.54, 1.807) is 18.5 Å². The zero-order chi connectivity index (χ0) is 23.1. The van der Waals surface area contributed by atoms with Crippen molar-refractivity contribution < 1.29 is 22.5 Å². The van der Waals surface area contributed by atoms with Crippen molar-refractivity contribution in [3.05, 3.63) is 60.2 Å². The lowest BCUT2D eigenvalue weighted by atomic mass is 10.2. The van der Waals surface area contributed by atoms with Crippen molar-refractivity contribution in [3.8, 4) is 11.4 Å². The topological polar surface area (TPSA) is 115 Å². The fourth-order valence-electron chi connectivity index (χ4n) is 3.63. The minimum Gasteiger partial charge on any atom is -0.462 e. The van der Waals surface area contributed by atoms with Crippen LogP contribution in [0.15, 0.2) is 58.2 Å². The summed E-state index contributed by atoms with van der Waals surface area (Å²) >= 11 is 0. The van der Waals surface area contributed by atoms with Gasteiger partial charge in [0.1, 0.15) is 0 Å². The maximum Gasteiger partial charge on any atom is 0.338 e. The number of ether oxygens (including phenoxy) is 1. The normalized spacial score (nSPS) is 15.2. The number of nitrogens with zero attached hydrogens (tertiary/aromatic N) is 4. The predicted molar refractivity (Wildman–Crippen MR) is 120 cm³/mol. The van der Waals surface area contributed by atoms with Gasteiger partial charge in [-0.2, -0.15) is 9.29 Å². The molecule has 2 aromatic heterocycles. The van der Waals surface area contributed by atoms with Crippen molar-refractivity contribution >= 4 is 16.0 Å². The number of carbonyl (C=O) groups is 1. The van der Waals surface area contributed by atoms with Gasteiger partial charge in [0.15, 0.2) is 0 Å². The number of carbonyl (C=O) groups excluding carboxylic acids is 1. The lowest BCUT2D eigenvalue weighted by Crippen LogP contribution is -2.31. The van der Waals surface area contributed by atoms with E-state index >= 15 is 0 Å². The van der Waals surface area contributed by atoms with Crippen LogP contribution in [-0.2, 0) is 21.2 Å². The first kappa shape index (κ1) is 23.1. The average molecular weight is 471 g/mol. The summed E-state index contributed by atoms with van der Waals surface area (Å²) in [6, 6.07) is 9.55. The third kappa shape index (κ3) is 5.82. The number of aromatic nitrogens is 3. The molecule has 33 heavy (non-hydrogen) atoms. The number of hydrogen-bond donors (Lipinski definition) is 0. The number of esters is 1. The largest absolute Gasteiger partial charge is 0.462 e. The molecule has 0 saturated carbocycles. The van der Waals surface area contributed by atoms with E-state index in [-0.39, 0.29) is 11.5 Å². The smallest absolute Gasteiger partial charge is 0.338 e. The maximum atomic E-state index is 12.8. The van der Waals surface area contributed by atoms with Crippen LogP contribution in [0.5, 0.6) is 0 Å². The van der Waals surface area contributed by atoms with Crippen molar-refractivity contribution in [1.82, 2.24) is 19.4 Å². The number of hydrogen-bond acceptors (Lipinski definition) is 8. The summed E-state index contributed by atoms with van der Waals surface area (Å²) in [4.78, 5) is 20.8. The second-order valence-electron chi connectivity index (χ2n) is 7.84. The van der Waals surface area contributed by atoms with E-state index in [9.17, 15) is 13.2 Å². The Morgan fingerprint density at radius 1 is 1.06 bits per heavy atom. The second kappa shape index (κ2) is 10.7. The molecule has 0 bridgehead atoms. The first-order valence-corrected chi connectivity index (χ1v) is 12.5. The molecule has 1 aliphatic rings. The third-order valence-corrected chi connectivity index (χ3v) is 7.36. The molecule has 0 amide bonds. The van der Waals surface area contributed by atoms with Gasteiger partial charge < -0.3 is 9.26 Å². The molecule has 1 aliphatic heterocycles. The van der Waals surface area contributed by atoms with E-state index in [0.717, 1.165) is 31.2 Å². The van der Waals surface area contributed by atoms with Crippen LogP contribution >= 0.6 is 0 Å². The number of rotatable bonds is 8. The summed E-state index contributed by atoms with van der Waals surface area (Å²) in [5.41, 5.74) is 1.07. The Kier molecular flexibility index (Phi) is 7.46. The summed E-state index contributed by atoms with van der Waals surface area (Å²) < 4.78 is 37.7. The van der Waals surface area contributed by atoms with E-state index in [0.29, 0.717) is 43.2 Å². The van der Waals surface area contributed by atoms with Gasteiger partial charge >= 0.3 is 5.97 Å². The lowest BCUT2D eigenvalue weighted by Gasteiger charge is -2.19. The monoisotopic (exact) mass is 470 g/mol. The molecule has 1 fully saturated rings. The Labute approximate surface area is 192 Å². The molecule has 3 heterocycles. The zero-order valence-corrected chi connectivity index (χ0v) is 19.0. The molecule has 0 unspecified atom stereocenters. The SMILES string of the molecule is O=C(OCCCc1nc(-c2cccnc2)no1)c1ccc(S(=O)(=O)N2CCCCCC2)cc1. The van der Waals surface area contributed by atoms with Gasteiger partial charge in [-0.3, -0.25) is 4.98 Å². The number of benzene rings is 1. The molecular formula is C23H26N4O5S. The van der Waals surface area contributed by atoms with Gasteiger partial charge in [-0.25, -0.2) is 13.2 Å². The molecule has 174 valence electrons. The Morgan fingerprint density at radius 3 is 2.52 bits per heavy atom. The summed E-state index contributed by atoms with van der Waals surface area (Å²) in [5.74, 6) is 0.411. The van der Waals surface area contributed by atoms with Crippen LogP contribution in [0, 0.1) is 0 Å². The summed E-state index contributed by atoms with van der Waals surface area (Å²) in [6.07, 6.45) is 8.15. The van der Waals surface area contributed by atoms with Crippen molar-refractivity contribution in [2.45, 2.75) is 43.4 Å². The Morgan fingerprint density at radius 2 is 1.82 bits per heavy atom. The van der Waals surface area contributed by atoms with Gasteiger partial charge in [0.2, 0.25) is 21.7 Å². The molecule has 0 atom stereocenters. The standard InChI is InChI=1S/C23H26N4O5S/c28-23(31-16-6-8-21-25-22(26-32-21)19-7-5-13-24-17-19)18-9-11-20(12-10-18)33(29,30)27-14-3-1-2-4-15-27/h5,7,9-13,17H,1-4,6,8,14-16H2. The van der Waals surface area contributed by atoms with Gasteiger partial charge in [0, 0.05) is 37.5 Å². The molecule has 1 aromatic carbocycles. The van der Waals surface area contributed by atoms with Crippen LogP contribution in [0.25, 0.3) is 11.4 Å². The Hall–Kier alpha value is -3.11. The summed E-state index contributed by atoms with van der Waals surface area (Å²) in [6.45, 7) is 1.25. The minimum absolute atomic E-state index is 0.178. The number of aryl methyl sites for hydroxylation is 1. The first-order valence-electron chi connectivity index (χ1n) is 11.0. The van der Waals surface area contributed by atoms with Gasteiger partial charge in [0.25, 0.3) is 0 Å². The van der Waals surface area contributed by atoms with Crippen molar-refractivity contribution in [2.75, 3.05) is 19.7 Å². The van der Waals surface area contributed by atoms with Gasteiger partial charge in [-0.1, -0.05) is 18.0 Å². The van der Waals surface area contributed by atoms with Crippen LogP contribution in [0.2, 0.25) is 0 Å². The van der Waals surface area contributed by atoms with Gasteiger partial charge in [-0.05, 0) is 55.7 Å². The molecule has 9 nitrogen and oxygen atoms in total. The van der Waals surface area contributed by atoms with E-state index in [2.05, 4.69) is 15.1 Å². The molecule has 0 radical (unpaired) electrons. The van der Waals surface area contributed by atoms with Gasteiger partial charge in [0.05, 0.1) is 17.1 Å².